The van der Waals surface area contributed by atoms with Gasteiger partial charge in [0.2, 0.25) is 5.11 Å². The summed E-state index contributed by atoms with van der Waals surface area (Å²) in [5.74, 6) is 0. The van der Waals surface area contributed by atoms with Crippen LogP contribution in [0.25, 0.3) is 10.8 Å². The van der Waals surface area contributed by atoms with Crippen LogP contribution in [0.4, 0.5) is 0 Å². The Labute approximate surface area is 146 Å². The second-order valence-corrected chi connectivity index (χ2v) is 5.62. The summed E-state index contributed by atoms with van der Waals surface area (Å²) in [6, 6.07) is 13.6. The Morgan fingerprint density at radius 1 is 1.12 bits per heavy atom. The van der Waals surface area contributed by atoms with Gasteiger partial charge in [0.05, 0.1) is 17.0 Å². The van der Waals surface area contributed by atoms with E-state index in [1.807, 2.05) is 6.07 Å². The van der Waals surface area contributed by atoms with Gasteiger partial charge >= 0.3 is 0 Å². The van der Waals surface area contributed by atoms with Crippen LogP contribution in [0, 0.1) is 0 Å². The minimum atomic E-state index is -0.435. The summed E-state index contributed by atoms with van der Waals surface area (Å²) in [5, 5.41) is 7.44. The molecule has 0 radical (unpaired) electrons. The molecule has 0 saturated carbocycles. The van der Waals surface area contributed by atoms with Crippen molar-refractivity contribution in [2.75, 3.05) is 0 Å². The van der Waals surface area contributed by atoms with Crippen LogP contribution >= 0.6 is 23.8 Å². The highest BCUT2D eigenvalue weighted by atomic mass is 35.5. The highest BCUT2D eigenvalue weighted by Gasteiger charge is 2.09. The van der Waals surface area contributed by atoms with Gasteiger partial charge in [0.1, 0.15) is 0 Å². The Kier molecular flexibility index (Phi) is 4.54. The van der Waals surface area contributed by atoms with E-state index >= 15 is 0 Å². The van der Waals surface area contributed by atoms with Crippen LogP contribution in [0.1, 0.15) is 5.56 Å². The Morgan fingerprint density at radius 2 is 1.79 bits per heavy atom. The summed E-state index contributed by atoms with van der Waals surface area (Å²) < 4.78 is 0.948. The smallest absolute Gasteiger partial charge is 0.267 e. The number of H-pyrrole nitrogens is 1. The third kappa shape index (κ3) is 3.12. The third-order valence-electron chi connectivity index (χ3n) is 3.29. The second kappa shape index (κ2) is 6.77. The van der Waals surface area contributed by atoms with Gasteiger partial charge in [-0.25, -0.2) is 0 Å². The minimum Gasteiger partial charge on any atom is -0.267 e. The van der Waals surface area contributed by atoms with E-state index in [1.165, 1.54) is 6.21 Å². The van der Waals surface area contributed by atoms with E-state index in [2.05, 4.69) is 15.6 Å². The lowest BCUT2D eigenvalue weighted by Crippen LogP contribution is -2.39. The van der Waals surface area contributed by atoms with Crippen LogP contribution in [0.2, 0.25) is 5.02 Å². The van der Waals surface area contributed by atoms with Gasteiger partial charge in [0.25, 0.3) is 11.1 Å². The van der Waals surface area contributed by atoms with Crippen molar-refractivity contribution < 1.29 is 0 Å². The molecule has 1 aromatic heterocycles. The van der Waals surface area contributed by atoms with Crippen molar-refractivity contribution >= 4 is 45.9 Å². The van der Waals surface area contributed by atoms with Gasteiger partial charge in [-0.15, -0.1) is 0 Å². The number of aromatic amines is 1. The number of halogens is 1. The van der Waals surface area contributed by atoms with Gasteiger partial charge in [0.15, 0.2) is 0 Å². The molecule has 0 amide bonds. The zero-order chi connectivity index (χ0) is 17.1. The molecule has 120 valence electrons. The summed E-state index contributed by atoms with van der Waals surface area (Å²) >= 11 is 11.1. The van der Waals surface area contributed by atoms with E-state index < -0.39 is 11.1 Å². The number of thiocarbonyl (C=S) groups is 1. The van der Waals surface area contributed by atoms with Crippen molar-refractivity contribution in [1.29, 1.82) is 0 Å². The lowest BCUT2D eigenvalue weighted by Gasteiger charge is -2.07. The van der Waals surface area contributed by atoms with E-state index in [9.17, 15) is 9.59 Å². The molecule has 0 unspecified atom stereocenters. The summed E-state index contributed by atoms with van der Waals surface area (Å²) in [6.45, 7) is 0. The molecule has 24 heavy (non-hydrogen) atoms. The fourth-order valence-electron chi connectivity index (χ4n) is 2.13. The molecule has 0 fully saturated rings. The van der Waals surface area contributed by atoms with E-state index in [1.54, 1.807) is 42.5 Å². The number of benzene rings is 2. The van der Waals surface area contributed by atoms with Crippen LogP contribution in [-0.4, -0.2) is 21.1 Å². The normalized spacial score (nSPS) is 11.0. The molecule has 1 heterocycles. The van der Waals surface area contributed by atoms with Gasteiger partial charge < -0.3 is 0 Å². The molecule has 0 saturated heterocycles. The predicted octanol–water partition coefficient (Wildman–Crippen LogP) is 2.10. The highest BCUT2D eigenvalue weighted by molar-refractivity contribution is 7.80. The molecule has 0 aliphatic rings. The molecule has 6 nitrogen and oxygen atoms in total. The lowest BCUT2D eigenvalue weighted by molar-refractivity contribution is 0.813. The first-order valence-corrected chi connectivity index (χ1v) is 7.68. The number of rotatable bonds is 2. The van der Waals surface area contributed by atoms with Crippen molar-refractivity contribution in [2.24, 2.45) is 5.10 Å². The molecular formula is C16H11ClN4O2S. The van der Waals surface area contributed by atoms with Crippen LogP contribution in [0.3, 0.4) is 0 Å². The van der Waals surface area contributed by atoms with E-state index in [4.69, 9.17) is 23.8 Å². The van der Waals surface area contributed by atoms with Gasteiger partial charge in [-0.05, 0) is 30.4 Å². The van der Waals surface area contributed by atoms with Gasteiger partial charge in [-0.1, -0.05) is 41.9 Å². The molecule has 2 N–H and O–H groups in total. The number of hydrazone groups is 1. The fraction of sp³-hybridized carbons (Fsp3) is 0. The standard InChI is InChI=1S/C16H11ClN4O2S/c17-13-8-4-1-5-10(13)9-18-19-16(24)21-15(23)12-7-3-2-6-11(12)14(22)20-21/h1-9H,(H,19,24)(H,20,22)/b18-9+. The molecule has 8 heteroatoms. The first-order chi connectivity index (χ1) is 11.6. The third-order valence-corrected chi connectivity index (χ3v) is 3.91. The first kappa shape index (κ1) is 16.1. The number of aromatic nitrogens is 2. The zero-order valence-electron chi connectivity index (χ0n) is 12.2. The average Bonchev–Trinajstić information content (AvgIpc) is 2.59. The summed E-state index contributed by atoms with van der Waals surface area (Å²) in [6.07, 6.45) is 1.47. The average molecular weight is 359 g/mol. The maximum absolute atomic E-state index is 12.4. The molecule has 0 bridgehead atoms. The van der Waals surface area contributed by atoms with E-state index in [-0.39, 0.29) is 10.5 Å². The second-order valence-electron chi connectivity index (χ2n) is 4.82. The summed E-state index contributed by atoms with van der Waals surface area (Å²) in [5.41, 5.74) is 2.38. The SMILES string of the molecule is O=c1[nH]n(C(=S)N/N=C/c2ccccc2Cl)c(=O)c2ccccc12. The maximum atomic E-state index is 12.4. The van der Waals surface area contributed by atoms with Crippen molar-refractivity contribution in [3.63, 3.8) is 0 Å². The Balaban J connectivity index is 1.90. The number of hydrogen-bond acceptors (Lipinski definition) is 4. The molecule has 0 atom stereocenters. The molecule has 3 rings (SSSR count). The zero-order valence-corrected chi connectivity index (χ0v) is 13.8. The molecule has 3 aromatic rings. The topological polar surface area (TPSA) is 79.2 Å². The van der Waals surface area contributed by atoms with E-state index in [0.717, 1.165) is 4.68 Å². The highest BCUT2D eigenvalue weighted by Crippen LogP contribution is 2.12. The largest absolute Gasteiger partial charge is 0.279 e. The first-order valence-electron chi connectivity index (χ1n) is 6.90. The molecule has 0 aliphatic carbocycles. The van der Waals surface area contributed by atoms with Crippen molar-refractivity contribution in [3.8, 4) is 0 Å². The quantitative estimate of drug-likeness (QED) is 0.418. The van der Waals surface area contributed by atoms with Gasteiger partial charge in [-0.3, -0.25) is 20.1 Å². The maximum Gasteiger partial charge on any atom is 0.279 e. The van der Waals surface area contributed by atoms with Crippen molar-refractivity contribution in [1.82, 2.24) is 15.2 Å². The Bertz CT molecular complexity index is 1070. The minimum absolute atomic E-state index is 0.0499. The molecule has 2 aromatic carbocycles. The fourth-order valence-corrected chi connectivity index (χ4v) is 2.50. The number of nitrogens with zero attached hydrogens (tertiary/aromatic N) is 2. The number of fused-ring (bicyclic) bond motifs is 1. The number of hydrogen-bond donors (Lipinski definition) is 2. The lowest BCUT2D eigenvalue weighted by atomic mass is 10.2. The van der Waals surface area contributed by atoms with Crippen molar-refractivity contribution in [2.45, 2.75) is 0 Å². The predicted molar refractivity (Wildman–Crippen MR) is 99.0 cm³/mol. The number of nitrogens with one attached hydrogen (secondary N) is 2. The van der Waals surface area contributed by atoms with Crippen LogP contribution < -0.4 is 16.5 Å². The summed E-state index contributed by atoms with van der Waals surface area (Å²) in [4.78, 5) is 24.4. The van der Waals surface area contributed by atoms with Gasteiger partial charge in [0, 0.05) is 10.6 Å². The Hall–Kier alpha value is -2.77. The Morgan fingerprint density at radius 3 is 2.54 bits per heavy atom. The van der Waals surface area contributed by atoms with E-state index in [0.29, 0.717) is 16.0 Å². The monoisotopic (exact) mass is 358 g/mol. The molecule has 0 spiro atoms. The van der Waals surface area contributed by atoms with Crippen LogP contribution in [0.5, 0.6) is 0 Å². The molecule has 0 aliphatic heterocycles. The van der Waals surface area contributed by atoms with Crippen LogP contribution in [-0.2, 0) is 0 Å². The van der Waals surface area contributed by atoms with Crippen molar-refractivity contribution in [3.05, 3.63) is 79.8 Å². The summed E-state index contributed by atoms with van der Waals surface area (Å²) in [7, 11) is 0. The molecular weight excluding hydrogens is 348 g/mol. The van der Waals surface area contributed by atoms with Crippen LogP contribution in [0.15, 0.2) is 63.2 Å². The van der Waals surface area contributed by atoms with Gasteiger partial charge in [-0.2, -0.15) is 9.78 Å².